The molecule has 0 unspecified atom stereocenters. The average Bonchev–Trinajstić information content (AvgIpc) is 2.04. The van der Waals surface area contributed by atoms with E-state index in [1.54, 1.807) is 21.3 Å². The van der Waals surface area contributed by atoms with E-state index >= 15 is 0 Å². The Balaban J connectivity index is -0.000000605. The molecule has 0 aromatic carbocycles. The Morgan fingerprint density at radius 3 is 1.29 bits per heavy atom. The maximum atomic E-state index is 5.68. The van der Waals surface area contributed by atoms with Crippen molar-refractivity contribution >= 4 is 17.4 Å². The van der Waals surface area contributed by atoms with Gasteiger partial charge in [0.05, 0.1) is 0 Å². The van der Waals surface area contributed by atoms with Gasteiger partial charge in [-0.1, -0.05) is 14.9 Å². The molecule has 0 N–H and O–H groups in total. The summed E-state index contributed by atoms with van der Waals surface area (Å²) in [6, 6.07) is 0. The minimum absolute atomic E-state index is 0. The van der Waals surface area contributed by atoms with Gasteiger partial charge in [-0.15, -0.1) is 0 Å². The van der Waals surface area contributed by atoms with Gasteiger partial charge in [-0.05, 0) is 13.1 Å². The Labute approximate surface area is 91.1 Å². The molecule has 14 heavy (non-hydrogen) atoms. The molecule has 6 heteroatoms. The van der Waals surface area contributed by atoms with Gasteiger partial charge in [0.25, 0.3) is 0 Å². The lowest BCUT2D eigenvalue weighted by atomic mass is 11.8. The van der Waals surface area contributed by atoms with Gasteiger partial charge in [0, 0.05) is 27.9 Å². The number of hydrogen-bond donors (Lipinski definition) is 0. The lowest BCUT2D eigenvalue weighted by molar-refractivity contribution is 0.145. The van der Waals surface area contributed by atoms with Crippen LogP contribution in [-0.2, 0) is 17.4 Å². The lowest BCUT2D eigenvalue weighted by Gasteiger charge is -2.30. The van der Waals surface area contributed by atoms with E-state index in [4.69, 9.17) is 17.4 Å². The number of hydrogen-bond acceptors (Lipinski definition) is 4. The third kappa shape index (κ3) is 6.69. The molecule has 0 aliphatic carbocycles. The zero-order valence-electron chi connectivity index (χ0n) is 8.63. The van der Waals surface area contributed by atoms with E-state index in [2.05, 4.69) is 0 Å². The van der Waals surface area contributed by atoms with E-state index in [1.165, 1.54) is 0 Å². The maximum absolute atomic E-state index is 5.68. The summed E-state index contributed by atoms with van der Waals surface area (Å²) in [5.74, 6) is 0. The SMILES string of the molecule is C.C.CO[Si](C)(C)O[Si](C)(OC)OC. The van der Waals surface area contributed by atoms with Gasteiger partial charge in [-0.25, -0.2) is 0 Å². The molecule has 0 fully saturated rings. The van der Waals surface area contributed by atoms with Crippen LogP contribution in [0.25, 0.3) is 0 Å². The molecule has 0 aromatic rings. The van der Waals surface area contributed by atoms with Gasteiger partial charge in [-0.3, -0.25) is 0 Å². The van der Waals surface area contributed by atoms with Gasteiger partial charge in [-0.2, -0.15) is 0 Å². The third-order valence-corrected chi connectivity index (χ3v) is 7.58. The molecule has 0 atom stereocenters. The molecule has 4 nitrogen and oxygen atoms in total. The molecular weight excluding hydrogens is 216 g/mol. The van der Waals surface area contributed by atoms with Crippen LogP contribution in [0.4, 0.5) is 0 Å². The van der Waals surface area contributed by atoms with Crippen molar-refractivity contribution in [1.82, 2.24) is 0 Å². The number of rotatable bonds is 5. The first kappa shape index (κ1) is 19.8. The lowest BCUT2D eigenvalue weighted by Crippen LogP contribution is -2.50. The van der Waals surface area contributed by atoms with Crippen LogP contribution in [0.1, 0.15) is 14.9 Å². The predicted molar refractivity (Wildman–Crippen MR) is 64.7 cm³/mol. The topological polar surface area (TPSA) is 36.9 Å². The van der Waals surface area contributed by atoms with Crippen molar-refractivity contribution in [3.8, 4) is 0 Å². The Hall–Kier alpha value is 0.274. The quantitative estimate of drug-likeness (QED) is 0.694. The second kappa shape index (κ2) is 7.55. The molecule has 0 amide bonds. The van der Waals surface area contributed by atoms with Crippen molar-refractivity contribution in [1.29, 1.82) is 0 Å². The van der Waals surface area contributed by atoms with Gasteiger partial charge in [0.2, 0.25) is 0 Å². The fraction of sp³-hybridized carbons (Fsp3) is 1.00. The van der Waals surface area contributed by atoms with Crippen LogP contribution in [0.2, 0.25) is 19.6 Å². The largest absolute Gasteiger partial charge is 0.488 e. The van der Waals surface area contributed by atoms with Crippen LogP contribution in [-0.4, -0.2) is 38.7 Å². The average molecular weight is 242 g/mol. The van der Waals surface area contributed by atoms with Crippen molar-refractivity contribution in [2.45, 2.75) is 34.5 Å². The maximum Gasteiger partial charge on any atom is 0.488 e. The Bertz CT molecular complexity index is 137. The van der Waals surface area contributed by atoms with Crippen molar-refractivity contribution in [3.05, 3.63) is 0 Å². The van der Waals surface area contributed by atoms with Crippen molar-refractivity contribution in [2.75, 3.05) is 21.3 Å². The highest BCUT2D eigenvalue weighted by Crippen LogP contribution is 2.15. The normalized spacial score (nSPS) is 11.6. The van der Waals surface area contributed by atoms with Gasteiger partial charge in [0.1, 0.15) is 0 Å². The van der Waals surface area contributed by atoms with Crippen molar-refractivity contribution in [2.24, 2.45) is 0 Å². The Kier molecular flexibility index (Phi) is 10.7. The minimum Gasteiger partial charge on any atom is -0.398 e. The zero-order chi connectivity index (χ0) is 9.83. The smallest absolute Gasteiger partial charge is 0.398 e. The molecule has 0 saturated heterocycles. The highest BCUT2D eigenvalue weighted by Gasteiger charge is 2.40. The van der Waals surface area contributed by atoms with Crippen LogP contribution in [0.3, 0.4) is 0 Å². The van der Waals surface area contributed by atoms with Gasteiger partial charge < -0.3 is 17.4 Å². The molecular formula is C8H26O4Si2. The van der Waals surface area contributed by atoms with Crippen molar-refractivity contribution < 1.29 is 17.4 Å². The highest BCUT2D eigenvalue weighted by molar-refractivity contribution is 6.76. The van der Waals surface area contributed by atoms with E-state index in [1.807, 2.05) is 19.6 Å². The monoisotopic (exact) mass is 242 g/mol. The fourth-order valence-corrected chi connectivity index (χ4v) is 5.39. The summed E-state index contributed by atoms with van der Waals surface area (Å²) in [4.78, 5) is 0. The van der Waals surface area contributed by atoms with Crippen molar-refractivity contribution in [3.63, 3.8) is 0 Å². The Morgan fingerprint density at radius 1 is 0.714 bits per heavy atom. The summed E-state index contributed by atoms with van der Waals surface area (Å²) in [6.07, 6.45) is 0. The van der Waals surface area contributed by atoms with E-state index < -0.39 is 17.4 Å². The molecule has 0 aliphatic rings. The van der Waals surface area contributed by atoms with E-state index in [0.29, 0.717) is 0 Å². The summed E-state index contributed by atoms with van der Waals surface area (Å²) in [7, 11) is 0.372. The molecule has 0 rings (SSSR count). The first-order chi connectivity index (χ1) is 5.39. The van der Waals surface area contributed by atoms with Crippen LogP contribution in [0.15, 0.2) is 0 Å². The molecule has 0 spiro atoms. The summed E-state index contributed by atoms with van der Waals surface area (Å²) < 4.78 is 21.3. The molecule has 0 saturated carbocycles. The molecule has 0 heterocycles. The second-order valence-corrected chi connectivity index (χ2v) is 9.54. The summed E-state index contributed by atoms with van der Waals surface area (Å²) in [6.45, 7) is 5.76. The Morgan fingerprint density at radius 2 is 1.07 bits per heavy atom. The van der Waals surface area contributed by atoms with E-state index in [-0.39, 0.29) is 14.9 Å². The summed E-state index contributed by atoms with van der Waals surface area (Å²) in [5, 5.41) is 0. The standard InChI is InChI=1S/C6H18O4Si2.2CH4/c1-7-11(4,5)10-12(6,8-2)9-3;;/h1-6H3;2*1H4. The van der Waals surface area contributed by atoms with Crippen LogP contribution >= 0.6 is 0 Å². The molecule has 0 aromatic heterocycles. The van der Waals surface area contributed by atoms with Crippen LogP contribution in [0, 0.1) is 0 Å². The molecule has 0 radical (unpaired) electrons. The first-order valence-electron chi connectivity index (χ1n) is 3.75. The van der Waals surface area contributed by atoms with E-state index in [9.17, 15) is 0 Å². The minimum atomic E-state index is -2.42. The molecule has 0 aliphatic heterocycles. The predicted octanol–water partition coefficient (Wildman–Crippen LogP) is 2.48. The van der Waals surface area contributed by atoms with E-state index in [0.717, 1.165) is 0 Å². The molecule has 90 valence electrons. The fourth-order valence-electron chi connectivity index (χ4n) is 0.655. The van der Waals surface area contributed by atoms with Gasteiger partial charge in [0.15, 0.2) is 0 Å². The van der Waals surface area contributed by atoms with Gasteiger partial charge >= 0.3 is 17.4 Å². The zero-order valence-corrected chi connectivity index (χ0v) is 10.6. The third-order valence-electron chi connectivity index (χ3n) is 1.66. The second-order valence-electron chi connectivity index (χ2n) is 2.98. The highest BCUT2D eigenvalue weighted by atomic mass is 28.5. The first-order valence-corrected chi connectivity index (χ1v) is 8.79. The van der Waals surface area contributed by atoms with Crippen LogP contribution < -0.4 is 0 Å². The summed E-state index contributed by atoms with van der Waals surface area (Å²) >= 11 is 0. The summed E-state index contributed by atoms with van der Waals surface area (Å²) in [5.41, 5.74) is 0. The van der Waals surface area contributed by atoms with Crippen LogP contribution in [0.5, 0.6) is 0 Å². The molecule has 0 bridgehead atoms.